The van der Waals surface area contributed by atoms with Gasteiger partial charge < -0.3 is 14.6 Å². The fourth-order valence-electron chi connectivity index (χ4n) is 1.65. The molecule has 0 atom stereocenters. The van der Waals surface area contributed by atoms with E-state index in [1.165, 1.54) is 0 Å². The zero-order valence-corrected chi connectivity index (χ0v) is 11.7. The molecule has 0 aliphatic rings. The van der Waals surface area contributed by atoms with Crippen LogP contribution in [0, 0.1) is 0 Å². The van der Waals surface area contributed by atoms with Gasteiger partial charge in [-0.3, -0.25) is 0 Å². The number of hydrogen-bond donors (Lipinski definition) is 1. The Balaban J connectivity index is 1.79. The molecular formula is C13H10ClN5O2. The van der Waals surface area contributed by atoms with Gasteiger partial charge in [-0.1, -0.05) is 5.16 Å². The lowest BCUT2D eigenvalue weighted by molar-refractivity contribution is 0.398. The first kappa shape index (κ1) is 13.3. The highest BCUT2D eigenvalue weighted by atomic mass is 35.5. The Bertz CT molecular complexity index is 744. The van der Waals surface area contributed by atoms with E-state index in [-0.39, 0.29) is 5.28 Å². The summed E-state index contributed by atoms with van der Waals surface area (Å²) in [5.74, 6) is 1.50. The predicted octanol–water partition coefficient (Wildman–Crippen LogP) is 2.93. The summed E-state index contributed by atoms with van der Waals surface area (Å²) in [7, 11) is 1.56. The Labute approximate surface area is 125 Å². The molecule has 0 saturated heterocycles. The van der Waals surface area contributed by atoms with Crippen LogP contribution in [0.3, 0.4) is 0 Å². The van der Waals surface area contributed by atoms with Crippen LogP contribution in [0.4, 0.5) is 11.7 Å². The molecule has 3 aromatic heterocycles. The van der Waals surface area contributed by atoms with Crippen molar-refractivity contribution >= 4 is 23.3 Å². The van der Waals surface area contributed by atoms with E-state index in [2.05, 4.69) is 25.4 Å². The van der Waals surface area contributed by atoms with Gasteiger partial charge in [0.2, 0.25) is 17.0 Å². The molecular weight excluding hydrogens is 294 g/mol. The highest BCUT2D eigenvalue weighted by Gasteiger charge is 2.08. The molecule has 3 rings (SSSR count). The first-order chi connectivity index (χ1) is 10.2. The van der Waals surface area contributed by atoms with Crippen LogP contribution < -0.4 is 10.1 Å². The number of methoxy groups -OCH3 is 1. The van der Waals surface area contributed by atoms with E-state index in [1.54, 1.807) is 37.7 Å². The van der Waals surface area contributed by atoms with Gasteiger partial charge in [-0.2, -0.15) is 0 Å². The second kappa shape index (κ2) is 5.76. The van der Waals surface area contributed by atoms with Crippen LogP contribution in [0.1, 0.15) is 0 Å². The largest absolute Gasteiger partial charge is 0.481 e. The van der Waals surface area contributed by atoms with Gasteiger partial charge in [0.25, 0.3) is 0 Å². The van der Waals surface area contributed by atoms with Crippen LogP contribution in [-0.4, -0.2) is 27.2 Å². The Kier molecular flexibility index (Phi) is 3.65. The molecule has 0 aliphatic heterocycles. The van der Waals surface area contributed by atoms with Crippen molar-refractivity contribution < 1.29 is 9.26 Å². The first-order valence-corrected chi connectivity index (χ1v) is 6.35. The number of hydrogen-bond acceptors (Lipinski definition) is 7. The normalized spacial score (nSPS) is 10.4. The third-order valence-electron chi connectivity index (χ3n) is 2.63. The minimum Gasteiger partial charge on any atom is -0.481 e. The van der Waals surface area contributed by atoms with E-state index < -0.39 is 0 Å². The van der Waals surface area contributed by atoms with Crippen LogP contribution in [-0.2, 0) is 0 Å². The fourth-order valence-corrected chi connectivity index (χ4v) is 1.80. The molecule has 0 radical (unpaired) electrons. The molecule has 0 saturated carbocycles. The predicted molar refractivity (Wildman–Crippen MR) is 76.6 cm³/mol. The monoisotopic (exact) mass is 303 g/mol. The van der Waals surface area contributed by atoms with Gasteiger partial charge in [0.15, 0.2) is 0 Å². The fraction of sp³-hybridized carbons (Fsp3) is 0.0769. The Morgan fingerprint density at radius 1 is 1.24 bits per heavy atom. The van der Waals surface area contributed by atoms with Crippen molar-refractivity contribution in [3.8, 4) is 17.1 Å². The lowest BCUT2D eigenvalue weighted by atomic mass is 10.2. The van der Waals surface area contributed by atoms with E-state index in [0.717, 1.165) is 5.56 Å². The topological polar surface area (TPSA) is 86.0 Å². The molecule has 1 N–H and O–H groups in total. The standard InChI is InChI=1S/C13H10ClN5O2/c1-20-11-3-2-8(7-16-11)9-6-12(21-19-9)17-10-4-5-15-13(14)18-10/h2-7H,1H3,(H,15,17,18). The quantitative estimate of drug-likeness (QED) is 0.741. The van der Waals surface area contributed by atoms with Crippen LogP contribution in [0.15, 0.2) is 41.2 Å². The van der Waals surface area contributed by atoms with Crippen molar-refractivity contribution in [2.75, 3.05) is 12.4 Å². The van der Waals surface area contributed by atoms with E-state index >= 15 is 0 Å². The molecule has 21 heavy (non-hydrogen) atoms. The zero-order chi connectivity index (χ0) is 14.7. The summed E-state index contributed by atoms with van der Waals surface area (Å²) in [6, 6.07) is 7.00. The first-order valence-electron chi connectivity index (χ1n) is 5.97. The summed E-state index contributed by atoms with van der Waals surface area (Å²) in [6.45, 7) is 0. The highest BCUT2D eigenvalue weighted by molar-refractivity contribution is 6.28. The lowest BCUT2D eigenvalue weighted by Gasteiger charge is -1.99. The van der Waals surface area contributed by atoms with Crippen LogP contribution >= 0.6 is 11.6 Å². The maximum Gasteiger partial charge on any atom is 0.230 e. The number of pyridine rings is 1. The number of nitrogens with zero attached hydrogens (tertiary/aromatic N) is 4. The van der Waals surface area contributed by atoms with Gasteiger partial charge >= 0.3 is 0 Å². The van der Waals surface area contributed by atoms with E-state index in [0.29, 0.717) is 23.3 Å². The van der Waals surface area contributed by atoms with Crippen molar-refractivity contribution in [1.29, 1.82) is 0 Å². The van der Waals surface area contributed by atoms with Crippen molar-refractivity contribution in [2.45, 2.75) is 0 Å². The number of nitrogens with one attached hydrogen (secondary N) is 1. The average Bonchev–Trinajstić information content (AvgIpc) is 2.96. The Hall–Kier alpha value is -2.67. The molecule has 8 heteroatoms. The second-order valence-electron chi connectivity index (χ2n) is 4.00. The molecule has 0 amide bonds. The summed E-state index contributed by atoms with van der Waals surface area (Å²) >= 11 is 5.71. The molecule has 3 aromatic rings. The third kappa shape index (κ3) is 3.09. The SMILES string of the molecule is COc1ccc(-c2cc(Nc3ccnc(Cl)n3)on2)cn1. The summed E-state index contributed by atoms with van der Waals surface area (Å²) < 4.78 is 10.2. The number of aromatic nitrogens is 4. The molecule has 0 fully saturated rings. The summed E-state index contributed by atoms with van der Waals surface area (Å²) in [6.07, 6.45) is 3.20. The van der Waals surface area contributed by atoms with E-state index in [1.807, 2.05) is 6.07 Å². The zero-order valence-electron chi connectivity index (χ0n) is 10.9. The van der Waals surface area contributed by atoms with E-state index in [9.17, 15) is 0 Å². The van der Waals surface area contributed by atoms with Crippen LogP contribution in [0.25, 0.3) is 11.3 Å². The molecule has 0 aromatic carbocycles. The number of rotatable bonds is 4. The molecule has 0 bridgehead atoms. The van der Waals surface area contributed by atoms with Crippen molar-refractivity contribution in [3.63, 3.8) is 0 Å². The maximum absolute atomic E-state index is 5.71. The van der Waals surface area contributed by atoms with Gasteiger partial charge in [0.1, 0.15) is 11.5 Å². The Morgan fingerprint density at radius 2 is 2.14 bits per heavy atom. The van der Waals surface area contributed by atoms with E-state index in [4.69, 9.17) is 20.9 Å². The van der Waals surface area contributed by atoms with Gasteiger partial charge in [0.05, 0.1) is 7.11 Å². The van der Waals surface area contributed by atoms with Gasteiger partial charge in [-0.25, -0.2) is 15.0 Å². The minimum atomic E-state index is 0.152. The number of ether oxygens (including phenoxy) is 1. The summed E-state index contributed by atoms with van der Waals surface area (Å²) in [5.41, 5.74) is 1.46. The molecule has 0 unspecified atom stereocenters. The third-order valence-corrected chi connectivity index (χ3v) is 2.81. The van der Waals surface area contributed by atoms with Gasteiger partial charge in [-0.05, 0) is 23.7 Å². The van der Waals surface area contributed by atoms with Crippen molar-refractivity contribution in [1.82, 2.24) is 20.1 Å². The molecule has 0 aliphatic carbocycles. The summed E-state index contributed by atoms with van der Waals surface area (Å²) in [5, 5.41) is 7.07. The highest BCUT2D eigenvalue weighted by Crippen LogP contribution is 2.24. The van der Waals surface area contributed by atoms with Crippen LogP contribution in [0.5, 0.6) is 5.88 Å². The minimum absolute atomic E-state index is 0.152. The molecule has 0 spiro atoms. The van der Waals surface area contributed by atoms with Crippen LogP contribution in [0.2, 0.25) is 5.28 Å². The van der Waals surface area contributed by atoms with Gasteiger partial charge in [0, 0.05) is 30.1 Å². The van der Waals surface area contributed by atoms with Crippen molar-refractivity contribution in [2.24, 2.45) is 0 Å². The smallest absolute Gasteiger partial charge is 0.230 e. The Morgan fingerprint density at radius 3 is 2.86 bits per heavy atom. The lowest BCUT2D eigenvalue weighted by Crippen LogP contribution is -1.92. The average molecular weight is 304 g/mol. The maximum atomic E-state index is 5.71. The van der Waals surface area contributed by atoms with Gasteiger partial charge in [-0.15, -0.1) is 0 Å². The number of anilines is 2. The molecule has 7 nitrogen and oxygen atoms in total. The molecule has 3 heterocycles. The summed E-state index contributed by atoms with van der Waals surface area (Å²) in [4.78, 5) is 11.9. The molecule has 106 valence electrons. The number of halogens is 1. The second-order valence-corrected chi connectivity index (χ2v) is 4.34. The van der Waals surface area contributed by atoms with Crippen molar-refractivity contribution in [3.05, 3.63) is 41.9 Å².